The third-order valence-corrected chi connectivity index (χ3v) is 3.25. The van der Waals surface area contributed by atoms with E-state index in [4.69, 9.17) is 9.47 Å². The van der Waals surface area contributed by atoms with E-state index in [9.17, 15) is 9.90 Å². The first-order chi connectivity index (χ1) is 8.63. The van der Waals surface area contributed by atoms with Crippen LogP contribution < -0.4 is 4.74 Å². The van der Waals surface area contributed by atoms with E-state index in [1.54, 1.807) is 25.1 Å². The average Bonchev–Trinajstić information content (AvgIpc) is 2.63. The minimum absolute atomic E-state index is 0.138. The van der Waals surface area contributed by atoms with Crippen LogP contribution >= 0.6 is 0 Å². The van der Waals surface area contributed by atoms with Crippen molar-refractivity contribution in [3.8, 4) is 11.5 Å². The molecule has 0 spiro atoms. The number of carbonyl (C=O) groups is 1. The van der Waals surface area contributed by atoms with Crippen molar-refractivity contribution in [2.75, 3.05) is 7.11 Å². The summed E-state index contributed by atoms with van der Waals surface area (Å²) in [5, 5.41) is 11.3. The lowest BCUT2D eigenvalue weighted by atomic mass is 9.97. The van der Waals surface area contributed by atoms with Gasteiger partial charge in [0.25, 0.3) is 0 Å². The molecule has 1 atom stereocenters. The SMILES string of the molecule is COc1c2c(cc3cccc(O)c13)C(=O)O[C@@H]2C. The third kappa shape index (κ3) is 1.29. The van der Waals surface area contributed by atoms with Crippen LogP contribution in [0.5, 0.6) is 11.5 Å². The van der Waals surface area contributed by atoms with Crippen molar-refractivity contribution in [3.63, 3.8) is 0 Å². The Bertz CT molecular complexity index is 660. The Labute approximate surface area is 104 Å². The van der Waals surface area contributed by atoms with E-state index >= 15 is 0 Å². The average molecular weight is 244 g/mol. The van der Waals surface area contributed by atoms with Gasteiger partial charge in [0.05, 0.1) is 18.1 Å². The Morgan fingerprint density at radius 3 is 2.89 bits per heavy atom. The highest BCUT2D eigenvalue weighted by molar-refractivity contribution is 6.04. The van der Waals surface area contributed by atoms with Crippen LogP contribution in [-0.4, -0.2) is 18.2 Å². The lowest BCUT2D eigenvalue weighted by molar-refractivity contribution is 0.0420. The first-order valence-electron chi connectivity index (χ1n) is 5.67. The molecular formula is C14H12O4. The van der Waals surface area contributed by atoms with Crippen molar-refractivity contribution < 1.29 is 19.4 Å². The smallest absolute Gasteiger partial charge is 0.339 e. The summed E-state index contributed by atoms with van der Waals surface area (Å²) >= 11 is 0. The number of aromatic hydroxyl groups is 1. The molecule has 1 aliphatic rings. The second-order valence-electron chi connectivity index (χ2n) is 4.29. The highest BCUT2D eigenvalue weighted by Gasteiger charge is 2.33. The quantitative estimate of drug-likeness (QED) is 0.784. The van der Waals surface area contributed by atoms with Crippen LogP contribution in [0.25, 0.3) is 10.8 Å². The number of cyclic esters (lactones) is 1. The number of rotatable bonds is 1. The molecule has 1 heterocycles. The molecule has 1 N–H and O–H groups in total. The van der Waals surface area contributed by atoms with Gasteiger partial charge in [0.1, 0.15) is 17.6 Å². The second kappa shape index (κ2) is 3.63. The van der Waals surface area contributed by atoms with Gasteiger partial charge < -0.3 is 14.6 Å². The summed E-state index contributed by atoms with van der Waals surface area (Å²) in [6.07, 6.45) is -0.355. The number of phenols is 1. The highest BCUT2D eigenvalue weighted by atomic mass is 16.6. The van der Waals surface area contributed by atoms with Crippen LogP contribution in [-0.2, 0) is 4.74 Å². The molecule has 4 heteroatoms. The van der Waals surface area contributed by atoms with Crippen molar-refractivity contribution in [1.29, 1.82) is 0 Å². The molecule has 0 aromatic heterocycles. The molecular weight excluding hydrogens is 232 g/mol. The van der Waals surface area contributed by atoms with Crippen LogP contribution in [0.2, 0.25) is 0 Å². The summed E-state index contributed by atoms with van der Waals surface area (Å²) in [6, 6.07) is 6.89. The zero-order chi connectivity index (χ0) is 12.9. The Hall–Kier alpha value is -2.23. The molecule has 0 saturated heterocycles. The summed E-state index contributed by atoms with van der Waals surface area (Å²) in [4.78, 5) is 11.7. The van der Waals surface area contributed by atoms with Gasteiger partial charge in [0.2, 0.25) is 0 Å². The van der Waals surface area contributed by atoms with E-state index in [2.05, 4.69) is 0 Å². The maximum absolute atomic E-state index is 11.7. The maximum atomic E-state index is 11.7. The number of fused-ring (bicyclic) bond motifs is 2. The lowest BCUT2D eigenvalue weighted by Crippen LogP contribution is -1.96. The first-order valence-corrected chi connectivity index (χ1v) is 5.67. The number of methoxy groups -OCH3 is 1. The van der Waals surface area contributed by atoms with E-state index in [1.165, 1.54) is 7.11 Å². The van der Waals surface area contributed by atoms with Gasteiger partial charge in [-0.2, -0.15) is 0 Å². The van der Waals surface area contributed by atoms with Gasteiger partial charge in [-0.05, 0) is 24.4 Å². The summed E-state index contributed by atoms with van der Waals surface area (Å²) in [5.41, 5.74) is 1.22. The van der Waals surface area contributed by atoms with E-state index in [0.717, 1.165) is 5.39 Å². The van der Waals surface area contributed by atoms with E-state index in [-0.39, 0.29) is 17.8 Å². The maximum Gasteiger partial charge on any atom is 0.339 e. The molecule has 0 saturated carbocycles. The monoisotopic (exact) mass is 244 g/mol. The third-order valence-electron chi connectivity index (χ3n) is 3.25. The minimum Gasteiger partial charge on any atom is -0.507 e. The number of hydrogen-bond acceptors (Lipinski definition) is 4. The lowest BCUT2D eigenvalue weighted by Gasteiger charge is -2.13. The molecule has 3 rings (SSSR count). The standard InChI is InChI=1S/C14H12O4/c1-7-11-9(14(16)18-7)6-8-4-3-5-10(15)12(8)13(11)17-2/h3-7,15H,1-2H3/t7-/m1/s1. The van der Waals surface area contributed by atoms with Gasteiger partial charge in [-0.3, -0.25) is 0 Å². The molecule has 0 aliphatic carbocycles. The fourth-order valence-electron chi connectivity index (χ4n) is 2.48. The van der Waals surface area contributed by atoms with Crippen molar-refractivity contribution in [1.82, 2.24) is 0 Å². The Morgan fingerprint density at radius 1 is 1.39 bits per heavy atom. The summed E-state index contributed by atoms with van der Waals surface area (Å²) in [5.74, 6) is 0.304. The zero-order valence-corrected chi connectivity index (χ0v) is 10.1. The van der Waals surface area contributed by atoms with Gasteiger partial charge in [-0.25, -0.2) is 4.79 Å². The highest BCUT2D eigenvalue weighted by Crippen LogP contribution is 2.44. The predicted molar refractivity (Wildman–Crippen MR) is 66.0 cm³/mol. The minimum atomic E-state index is -0.355. The Kier molecular flexibility index (Phi) is 2.20. The molecule has 0 unspecified atom stereocenters. The molecule has 0 fully saturated rings. The largest absolute Gasteiger partial charge is 0.507 e. The molecule has 2 aromatic carbocycles. The van der Waals surface area contributed by atoms with E-state index < -0.39 is 0 Å². The van der Waals surface area contributed by atoms with Gasteiger partial charge in [-0.15, -0.1) is 0 Å². The number of hydrogen-bond donors (Lipinski definition) is 1. The number of phenolic OH excluding ortho intramolecular Hbond substituents is 1. The number of carbonyl (C=O) groups excluding carboxylic acids is 1. The van der Waals surface area contributed by atoms with Crippen molar-refractivity contribution in [3.05, 3.63) is 35.4 Å². The predicted octanol–water partition coefficient (Wildman–Crippen LogP) is 2.79. The van der Waals surface area contributed by atoms with Crippen molar-refractivity contribution in [2.24, 2.45) is 0 Å². The van der Waals surface area contributed by atoms with Gasteiger partial charge in [-0.1, -0.05) is 12.1 Å². The number of esters is 1. The number of benzene rings is 2. The molecule has 18 heavy (non-hydrogen) atoms. The number of ether oxygens (including phenoxy) is 2. The van der Waals surface area contributed by atoms with Crippen molar-refractivity contribution in [2.45, 2.75) is 13.0 Å². The van der Waals surface area contributed by atoms with Gasteiger partial charge >= 0.3 is 5.97 Å². The fraction of sp³-hybridized carbons (Fsp3) is 0.214. The molecule has 2 aromatic rings. The van der Waals surface area contributed by atoms with Crippen LogP contribution in [0.15, 0.2) is 24.3 Å². The topological polar surface area (TPSA) is 55.8 Å². The Balaban J connectivity index is 2.48. The first kappa shape index (κ1) is 10.9. The molecule has 4 nitrogen and oxygen atoms in total. The van der Waals surface area contributed by atoms with Crippen LogP contribution in [0.4, 0.5) is 0 Å². The van der Waals surface area contributed by atoms with Crippen LogP contribution in [0.3, 0.4) is 0 Å². The molecule has 1 aliphatic heterocycles. The second-order valence-corrected chi connectivity index (χ2v) is 4.29. The van der Waals surface area contributed by atoms with Crippen LogP contribution in [0.1, 0.15) is 28.9 Å². The zero-order valence-electron chi connectivity index (χ0n) is 10.1. The molecule has 0 amide bonds. The summed E-state index contributed by atoms with van der Waals surface area (Å²) < 4.78 is 10.6. The normalized spacial score (nSPS) is 17.7. The fourth-order valence-corrected chi connectivity index (χ4v) is 2.48. The molecule has 92 valence electrons. The summed E-state index contributed by atoms with van der Waals surface area (Å²) in [6.45, 7) is 1.79. The van der Waals surface area contributed by atoms with Gasteiger partial charge in [0.15, 0.2) is 0 Å². The van der Waals surface area contributed by atoms with Gasteiger partial charge in [0, 0.05) is 5.56 Å². The molecule has 0 bridgehead atoms. The van der Waals surface area contributed by atoms with E-state index in [0.29, 0.717) is 22.3 Å². The molecule has 0 radical (unpaired) electrons. The van der Waals surface area contributed by atoms with Crippen molar-refractivity contribution >= 4 is 16.7 Å². The Morgan fingerprint density at radius 2 is 2.17 bits per heavy atom. The van der Waals surface area contributed by atoms with Crippen LogP contribution in [0, 0.1) is 0 Å². The summed E-state index contributed by atoms with van der Waals surface area (Å²) in [7, 11) is 1.52. The van der Waals surface area contributed by atoms with E-state index in [1.807, 2.05) is 6.07 Å².